The van der Waals surface area contributed by atoms with Crippen molar-refractivity contribution in [1.29, 1.82) is 0 Å². The molecule has 0 aromatic heterocycles. The normalized spacial score (nSPS) is 15.6. The molecule has 0 bridgehead atoms. The molecule has 1 aliphatic rings. The third-order valence-electron chi connectivity index (χ3n) is 4.78. The Morgan fingerprint density at radius 1 is 1.13 bits per heavy atom. The van der Waals surface area contributed by atoms with Crippen molar-refractivity contribution in [3.63, 3.8) is 0 Å². The summed E-state index contributed by atoms with van der Waals surface area (Å²) in [6, 6.07) is 12.4. The maximum Gasteiger partial charge on any atom is 0.311 e. The van der Waals surface area contributed by atoms with Gasteiger partial charge in [0.2, 0.25) is 5.91 Å². The first-order chi connectivity index (χ1) is 14.4. The summed E-state index contributed by atoms with van der Waals surface area (Å²) in [5.74, 6) is -0.863. The average molecular weight is 412 g/mol. The lowest BCUT2D eigenvalue weighted by Gasteiger charge is -2.20. The number of aryl methyl sites for hydroxylation is 1. The zero-order valence-electron chi connectivity index (χ0n) is 17.1. The summed E-state index contributed by atoms with van der Waals surface area (Å²) >= 11 is 0. The highest BCUT2D eigenvalue weighted by Crippen LogP contribution is 2.36. The first-order valence-corrected chi connectivity index (χ1v) is 9.47. The van der Waals surface area contributed by atoms with Gasteiger partial charge >= 0.3 is 5.97 Å². The van der Waals surface area contributed by atoms with Crippen LogP contribution in [0.15, 0.2) is 42.5 Å². The number of nitrogens with one attached hydrogen (secondary N) is 1. The Morgan fingerprint density at radius 2 is 1.93 bits per heavy atom. The SMILES string of the molecule is COc1ccc(OC)c(N2C[C@H](C(=O)OCC(=O)Nc3cccc(C)c3)CC2=O)c1. The fraction of sp³-hybridized carbons (Fsp3) is 0.318. The van der Waals surface area contributed by atoms with Crippen LogP contribution in [-0.2, 0) is 19.1 Å². The molecule has 0 spiro atoms. The fourth-order valence-corrected chi connectivity index (χ4v) is 3.28. The van der Waals surface area contributed by atoms with Crippen LogP contribution >= 0.6 is 0 Å². The molecule has 0 unspecified atom stereocenters. The van der Waals surface area contributed by atoms with E-state index in [-0.39, 0.29) is 18.9 Å². The Bertz CT molecular complexity index is 958. The van der Waals surface area contributed by atoms with Crippen LogP contribution in [0.3, 0.4) is 0 Å². The number of amides is 2. The van der Waals surface area contributed by atoms with Gasteiger partial charge in [0.25, 0.3) is 5.91 Å². The van der Waals surface area contributed by atoms with Crippen LogP contribution in [-0.4, -0.2) is 45.2 Å². The number of hydrogen-bond donors (Lipinski definition) is 1. The maximum absolute atomic E-state index is 12.5. The highest BCUT2D eigenvalue weighted by Gasteiger charge is 2.37. The molecule has 1 N–H and O–H groups in total. The third kappa shape index (κ3) is 4.89. The number of methoxy groups -OCH3 is 2. The van der Waals surface area contributed by atoms with E-state index >= 15 is 0 Å². The molecule has 158 valence electrons. The molecule has 0 aliphatic carbocycles. The summed E-state index contributed by atoms with van der Waals surface area (Å²) < 4.78 is 15.7. The Hall–Kier alpha value is -3.55. The molecule has 1 atom stereocenters. The highest BCUT2D eigenvalue weighted by molar-refractivity contribution is 6.01. The molecule has 1 aliphatic heterocycles. The number of esters is 1. The van der Waals surface area contributed by atoms with Gasteiger partial charge in [0, 0.05) is 24.7 Å². The Balaban J connectivity index is 1.59. The average Bonchev–Trinajstić information content (AvgIpc) is 3.13. The van der Waals surface area contributed by atoms with Crippen LogP contribution < -0.4 is 19.7 Å². The molecular formula is C22H24N2O6. The second-order valence-corrected chi connectivity index (χ2v) is 6.97. The van der Waals surface area contributed by atoms with Gasteiger partial charge in [-0.1, -0.05) is 12.1 Å². The lowest BCUT2D eigenvalue weighted by Crippen LogP contribution is -2.28. The van der Waals surface area contributed by atoms with E-state index in [1.165, 1.54) is 19.1 Å². The number of ether oxygens (including phenoxy) is 3. The van der Waals surface area contributed by atoms with Crippen molar-refractivity contribution in [2.24, 2.45) is 5.92 Å². The van der Waals surface area contributed by atoms with Gasteiger partial charge in [0.15, 0.2) is 6.61 Å². The van der Waals surface area contributed by atoms with E-state index in [2.05, 4.69) is 5.32 Å². The summed E-state index contributed by atoms with van der Waals surface area (Å²) in [7, 11) is 3.03. The van der Waals surface area contributed by atoms with Gasteiger partial charge in [-0.25, -0.2) is 0 Å². The predicted octanol–water partition coefficient (Wildman–Crippen LogP) is 2.55. The molecule has 2 aromatic carbocycles. The van der Waals surface area contributed by atoms with E-state index in [0.717, 1.165) is 5.56 Å². The van der Waals surface area contributed by atoms with Gasteiger partial charge < -0.3 is 24.4 Å². The van der Waals surface area contributed by atoms with E-state index < -0.39 is 24.4 Å². The summed E-state index contributed by atoms with van der Waals surface area (Å²) in [5, 5.41) is 2.68. The van der Waals surface area contributed by atoms with E-state index in [1.807, 2.05) is 25.1 Å². The monoisotopic (exact) mass is 412 g/mol. The number of carbonyl (C=O) groups is 3. The lowest BCUT2D eigenvalue weighted by molar-refractivity contribution is -0.151. The second kappa shape index (κ2) is 9.30. The molecule has 30 heavy (non-hydrogen) atoms. The Kier molecular flexibility index (Phi) is 6.56. The van der Waals surface area contributed by atoms with Crippen LogP contribution in [0.2, 0.25) is 0 Å². The quantitative estimate of drug-likeness (QED) is 0.703. The number of nitrogens with zero attached hydrogens (tertiary/aromatic N) is 1. The molecular weight excluding hydrogens is 388 g/mol. The Labute approximate surface area is 174 Å². The van der Waals surface area contributed by atoms with Crippen molar-refractivity contribution < 1.29 is 28.6 Å². The van der Waals surface area contributed by atoms with Crippen LogP contribution in [0.5, 0.6) is 11.5 Å². The van der Waals surface area contributed by atoms with Crippen LogP contribution in [0.25, 0.3) is 0 Å². The lowest BCUT2D eigenvalue weighted by atomic mass is 10.1. The summed E-state index contributed by atoms with van der Waals surface area (Å²) in [6.07, 6.45) is -0.00129. The number of hydrogen-bond acceptors (Lipinski definition) is 6. The largest absolute Gasteiger partial charge is 0.497 e. The maximum atomic E-state index is 12.5. The van der Waals surface area contributed by atoms with E-state index in [0.29, 0.717) is 22.9 Å². The highest BCUT2D eigenvalue weighted by atomic mass is 16.5. The minimum Gasteiger partial charge on any atom is -0.497 e. The molecule has 1 heterocycles. The first kappa shape index (κ1) is 21.2. The van der Waals surface area contributed by atoms with E-state index in [4.69, 9.17) is 14.2 Å². The van der Waals surface area contributed by atoms with Crippen molar-refractivity contribution >= 4 is 29.2 Å². The fourth-order valence-electron chi connectivity index (χ4n) is 3.28. The van der Waals surface area contributed by atoms with E-state index in [1.54, 1.807) is 24.3 Å². The Morgan fingerprint density at radius 3 is 2.63 bits per heavy atom. The van der Waals surface area contributed by atoms with Crippen molar-refractivity contribution in [1.82, 2.24) is 0 Å². The van der Waals surface area contributed by atoms with Crippen molar-refractivity contribution in [2.75, 3.05) is 37.6 Å². The van der Waals surface area contributed by atoms with Crippen molar-refractivity contribution in [3.8, 4) is 11.5 Å². The van der Waals surface area contributed by atoms with Gasteiger partial charge in [-0.15, -0.1) is 0 Å². The molecule has 0 saturated carbocycles. The number of anilines is 2. The van der Waals surface area contributed by atoms with Crippen LogP contribution in [0.4, 0.5) is 11.4 Å². The molecule has 8 nitrogen and oxygen atoms in total. The first-order valence-electron chi connectivity index (χ1n) is 9.47. The molecule has 2 amide bonds. The van der Waals surface area contributed by atoms with Gasteiger partial charge in [0.05, 0.1) is 25.8 Å². The standard InChI is InChI=1S/C22H24N2O6/c1-14-5-4-6-16(9-14)23-20(25)13-30-22(27)15-10-21(26)24(12-15)18-11-17(28-2)7-8-19(18)29-3/h4-9,11,15H,10,12-13H2,1-3H3,(H,23,25)/t15-/m1/s1. The number of benzene rings is 2. The summed E-state index contributed by atoms with van der Waals surface area (Å²) in [5.41, 5.74) is 2.15. The smallest absolute Gasteiger partial charge is 0.311 e. The predicted molar refractivity (Wildman–Crippen MR) is 111 cm³/mol. The third-order valence-corrected chi connectivity index (χ3v) is 4.78. The zero-order chi connectivity index (χ0) is 21.7. The minimum atomic E-state index is -0.667. The molecule has 1 saturated heterocycles. The molecule has 1 fully saturated rings. The van der Waals surface area contributed by atoms with Crippen LogP contribution in [0, 0.1) is 12.8 Å². The molecule has 0 radical (unpaired) electrons. The summed E-state index contributed by atoms with van der Waals surface area (Å²) in [6.45, 7) is 1.64. The number of carbonyl (C=O) groups excluding carboxylic acids is 3. The summed E-state index contributed by atoms with van der Waals surface area (Å²) in [4.78, 5) is 38.5. The minimum absolute atomic E-state index is 0.00129. The van der Waals surface area contributed by atoms with Gasteiger partial charge in [-0.2, -0.15) is 0 Å². The molecule has 2 aromatic rings. The van der Waals surface area contributed by atoms with Gasteiger partial charge in [-0.05, 0) is 36.8 Å². The van der Waals surface area contributed by atoms with Crippen molar-refractivity contribution in [3.05, 3.63) is 48.0 Å². The van der Waals surface area contributed by atoms with Crippen LogP contribution in [0.1, 0.15) is 12.0 Å². The van der Waals surface area contributed by atoms with E-state index in [9.17, 15) is 14.4 Å². The van der Waals surface area contributed by atoms with Gasteiger partial charge in [0.1, 0.15) is 11.5 Å². The topological polar surface area (TPSA) is 94.2 Å². The van der Waals surface area contributed by atoms with Gasteiger partial charge in [-0.3, -0.25) is 14.4 Å². The zero-order valence-corrected chi connectivity index (χ0v) is 17.1. The van der Waals surface area contributed by atoms with Crippen molar-refractivity contribution in [2.45, 2.75) is 13.3 Å². The number of rotatable bonds is 7. The second-order valence-electron chi connectivity index (χ2n) is 6.97. The molecule has 3 rings (SSSR count). The molecule has 8 heteroatoms.